The predicted molar refractivity (Wildman–Crippen MR) is 157 cm³/mol. The van der Waals surface area contributed by atoms with E-state index in [9.17, 15) is 9.59 Å². The van der Waals surface area contributed by atoms with E-state index in [1.807, 2.05) is 65.7 Å². The average molecular weight is 558 g/mol. The molecule has 3 aromatic carbocycles. The predicted octanol–water partition coefficient (Wildman–Crippen LogP) is 5.08. The van der Waals surface area contributed by atoms with E-state index < -0.39 is 29.2 Å². The second kappa shape index (κ2) is 9.69. The standard InChI is InChI=1S/C34H27N3O5/c1-41-21-14-15-27(42-2)23(19-21)30(38)28-29(31(39)26-13-7-8-17-35-26)37-18-16-20-9-3-4-10-22(20)32(37)34(28)24-11-5-6-12-25(24)36-33(34)40/h3-19,28-29,32H,1-2H3,(H,36,40)/t28-,29+,32+,34-/m0/s1. The molecule has 42 heavy (non-hydrogen) atoms. The molecule has 0 saturated carbocycles. The van der Waals surface area contributed by atoms with Crippen molar-refractivity contribution in [3.05, 3.63) is 125 Å². The van der Waals surface area contributed by atoms with Crippen molar-refractivity contribution in [2.24, 2.45) is 5.92 Å². The van der Waals surface area contributed by atoms with Crippen molar-refractivity contribution in [3.8, 4) is 11.5 Å². The van der Waals surface area contributed by atoms with E-state index in [0.29, 0.717) is 22.7 Å². The number of fused-ring (bicyclic) bond motifs is 6. The van der Waals surface area contributed by atoms with Crippen LogP contribution in [0, 0.1) is 5.92 Å². The van der Waals surface area contributed by atoms with E-state index in [1.54, 1.807) is 42.6 Å². The van der Waals surface area contributed by atoms with Crippen molar-refractivity contribution in [1.82, 2.24) is 9.88 Å². The second-order valence-electron chi connectivity index (χ2n) is 10.6. The van der Waals surface area contributed by atoms with E-state index in [0.717, 1.165) is 11.1 Å². The molecule has 4 aromatic rings. The van der Waals surface area contributed by atoms with Crippen molar-refractivity contribution in [3.63, 3.8) is 0 Å². The summed E-state index contributed by atoms with van der Waals surface area (Å²) in [7, 11) is 3.00. The molecule has 8 nitrogen and oxygen atoms in total. The SMILES string of the molecule is COc1ccc(OC)c(C(=O)[C@@H]2[C@H](C(=O)c3ccccn3)N3C=Cc4ccccc4[C@@H]3[C@@]23C(=O)Nc2ccccc23)c1. The number of hydrogen-bond donors (Lipinski definition) is 1. The minimum absolute atomic E-state index is 0.215. The lowest BCUT2D eigenvalue weighted by atomic mass is 9.62. The Balaban J connectivity index is 1.55. The largest absolute Gasteiger partial charge is 0.497 e. The number of benzene rings is 3. The molecule has 1 fully saturated rings. The summed E-state index contributed by atoms with van der Waals surface area (Å²) >= 11 is 0. The van der Waals surface area contributed by atoms with Gasteiger partial charge >= 0.3 is 0 Å². The summed E-state index contributed by atoms with van der Waals surface area (Å²) in [6, 6.07) is 23.6. The molecule has 3 aliphatic heterocycles. The van der Waals surface area contributed by atoms with Crippen LogP contribution in [0.2, 0.25) is 0 Å². The molecule has 3 aliphatic rings. The number of anilines is 1. The topological polar surface area (TPSA) is 97.8 Å². The Bertz CT molecular complexity index is 1790. The van der Waals surface area contributed by atoms with Crippen molar-refractivity contribution in [1.29, 1.82) is 0 Å². The molecular formula is C34H27N3O5. The van der Waals surface area contributed by atoms with Crippen LogP contribution in [0.3, 0.4) is 0 Å². The monoisotopic (exact) mass is 557 g/mol. The first-order chi connectivity index (χ1) is 20.5. The molecule has 208 valence electrons. The van der Waals surface area contributed by atoms with Gasteiger partial charge in [-0.2, -0.15) is 0 Å². The van der Waals surface area contributed by atoms with E-state index in [4.69, 9.17) is 9.47 Å². The minimum atomic E-state index is -1.45. The zero-order valence-corrected chi connectivity index (χ0v) is 23.0. The molecule has 1 aromatic heterocycles. The number of nitrogens with zero attached hydrogens (tertiary/aromatic N) is 2. The van der Waals surface area contributed by atoms with Gasteiger partial charge in [0.15, 0.2) is 5.78 Å². The third-order valence-corrected chi connectivity index (χ3v) is 8.71. The highest BCUT2D eigenvalue weighted by atomic mass is 16.5. The van der Waals surface area contributed by atoms with Gasteiger partial charge in [-0.1, -0.05) is 48.5 Å². The smallest absolute Gasteiger partial charge is 0.238 e. The van der Waals surface area contributed by atoms with Crippen LogP contribution >= 0.6 is 0 Å². The molecule has 1 saturated heterocycles. The quantitative estimate of drug-likeness (QED) is 0.330. The Labute approximate surface area is 242 Å². The van der Waals surface area contributed by atoms with Gasteiger partial charge in [0, 0.05) is 18.1 Å². The molecule has 1 amide bonds. The number of nitrogens with one attached hydrogen (secondary N) is 1. The lowest BCUT2D eigenvalue weighted by Crippen LogP contribution is -2.49. The number of carbonyl (C=O) groups is 3. The summed E-state index contributed by atoms with van der Waals surface area (Å²) in [6.45, 7) is 0. The van der Waals surface area contributed by atoms with Gasteiger partial charge in [-0.15, -0.1) is 0 Å². The van der Waals surface area contributed by atoms with Gasteiger partial charge in [-0.25, -0.2) is 0 Å². The Morgan fingerprint density at radius 2 is 1.69 bits per heavy atom. The molecular weight excluding hydrogens is 530 g/mol. The maximum Gasteiger partial charge on any atom is 0.238 e. The van der Waals surface area contributed by atoms with Crippen LogP contribution in [0.4, 0.5) is 5.69 Å². The fourth-order valence-corrected chi connectivity index (χ4v) is 7.00. The minimum Gasteiger partial charge on any atom is -0.497 e. The van der Waals surface area contributed by atoms with E-state index in [2.05, 4.69) is 10.3 Å². The number of hydrogen-bond acceptors (Lipinski definition) is 7. The first kappa shape index (κ1) is 25.7. The summed E-state index contributed by atoms with van der Waals surface area (Å²) in [5.41, 5.74) is 2.08. The molecule has 4 heterocycles. The van der Waals surface area contributed by atoms with Crippen LogP contribution in [-0.4, -0.2) is 47.6 Å². The molecule has 0 aliphatic carbocycles. The van der Waals surface area contributed by atoms with Crippen LogP contribution in [0.25, 0.3) is 6.08 Å². The number of para-hydroxylation sites is 1. The number of rotatable bonds is 6. The number of ether oxygens (including phenoxy) is 2. The van der Waals surface area contributed by atoms with Crippen molar-refractivity contribution in [2.75, 3.05) is 19.5 Å². The highest BCUT2D eigenvalue weighted by Crippen LogP contribution is 2.62. The highest BCUT2D eigenvalue weighted by molar-refractivity contribution is 6.17. The third-order valence-electron chi connectivity index (χ3n) is 8.71. The van der Waals surface area contributed by atoms with Gasteiger partial charge in [0.2, 0.25) is 11.7 Å². The summed E-state index contributed by atoms with van der Waals surface area (Å²) in [6.07, 6.45) is 5.32. The number of methoxy groups -OCH3 is 2. The van der Waals surface area contributed by atoms with Crippen molar-refractivity contribution < 1.29 is 23.9 Å². The van der Waals surface area contributed by atoms with Crippen LogP contribution in [-0.2, 0) is 10.2 Å². The summed E-state index contributed by atoms with van der Waals surface area (Å²) in [4.78, 5) is 50.4. The molecule has 0 unspecified atom stereocenters. The van der Waals surface area contributed by atoms with Gasteiger partial charge < -0.3 is 19.7 Å². The fraction of sp³-hybridized carbons (Fsp3) is 0.176. The Morgan fingerprint density at radius 3 is 2.48 bits per heavy atom. The molecule has 1 spiro atoms. The van der Waals surface area contributed by atoms with Gasteiger partial charge in [-0.05, 0) is 59.2 Å². The first-order valence-electron chi connectivity index (χ1n) is 13.7. The Morgan fingerprint density at radius 1 is 0.905 bits per heavy atom. The van der Waals surface area contributed by atoms with E-state index in [1.165, 1.54) is 14.2 Å². The number of carbonyl (C=O) groups excluding carboxylic acids is 3. The fourth-order valence-electron chi connectivity index (χ4n) is 7.00. The number of aromatic nitrogens is 1. The maximum atomic E-state index is 15.1. The molecule has 0 radical (unpaired) electrons. The van der Waals surface area contributed by atoms with Crippen LogP contribution in [0.5, 0.6) is 11.5 Å². The molecule has 7 rings (SSSR count). The Hall–Kier alpha value is -5.24. The number of amides is 1. The number of pyridine rings is 1. The van der Waals surface area contributed by atoms with Crippen molar-refractivity contribution >= 4 is 29.2 Å². The van der Waals surface area contributed by atoms with Crippen LogP contribution in [0.15, 0.2) is 97.3 Å². The van der Waals surface area contributed by atoms with Gasteiger partial charge in [0.05, 0.1) is 31.7 Å². The van der Waals surface area contributed by atoms with Crippen molar-refractivity contribution in [2.45, 2.75) is 17.5 Å². The zero-order valence-electron chi connectivity index (χ0n) is 23.0. The third kappa shape index (κ3) is 3.48. The number of Topliss-reactive ketones (excluding diaryl/α,β-unsaturated/α-hetero) is 2. The summed E-state index contributed by atoms with van der Waals surface area (Å²) in [5.74, 6) is -1.44. The van der Waals surface area contributed by atoms with E-state index >= 15 is 4.79 Å². The van der Waals surface area contributed by atoms with Gasteiger partial charge in [0.1, 0.15) is 28.6 Å². The first-order valence-corrected chi connectivity index (χ1v) is 13.7. The molecule has 4 atom stereocenters. The molecule has 1 N–H and O–H groups in total. The van der Waals surface area contributed by atoms with Crippen LogP contribution in [0.1, 0.15) is 43.6 Å². The molecule has 8 heteroatoms. The van der Waals surface area contributed by atoms with E-state index in [-0.39, 0.29) is 22.9 Å². The zero-order chi connectivity index (χ0) is 29.0. The van der Waals surface area contributed by atoms with Gasteiger partial charge in [0.25, 0.3) is 0 Å². The summed E-state index contributed by atoms with van der Waals surface area (Å²) < 4.78 is 11.1. The lowest BCUT2D eigenvalue weighted by molar-refractivity contribution is -0.122. The normalized spacial score (nSPS) is 23.1. The summed E-state index contributed by atoms with van der Waals surface area (Å²) in [5, 5.41) is 3.06. The molecule has 0 bridgehead atoms. The highest BCUT2D eigenvalue weighted by Gasteiger charge is 2.71. The second-order valence-corrected chi connectivity index (χ2v) is 10.6. The average Bonchev–Trinajstić information content (AvgIpc) is 3.52. The maximum absolute atomic E-state index is 15.1. The number of ketones is 2. The Kier molecular flexibility index (Phi) is 5.93. The lowest BCUT2D eigenvalue weighted by Gasteiger charge is -2.38. The van der Waals surface area contributed by atoms with Crippen LogP contribution < -0.4 is 14.8 Å². The van der Waals surface area contributed by atoms with Gasteiger partial charge in [-0.3, -0.25) is 19.4 Å².